The Morgan fingerprint density at radius 1 is 1.37 bits per heavy atom. The van der Waals surface area contributed by atoms with Gasteiger partial charge in [0.1, 0.15) is 0 Å². The van der Waals surface area contributed by atoms with E-state index in [0.717, 1.165) is 6.07 Å². The number of likely N-dealkylation sites (N-methyl/N-ethyl adjacent to an activating group) is 1. The van der Waals surface area contributed by atoms with Gasteiger partial charge < -0.3 is 15.7 Å². The summed E-state index contributed by atoms with van der Waals surface area (Å²) >= 11 is 0. The molecule has 1 aromatic rings. The van der Waals surface area contributed by atoms with Gasteiger partial charge in [0, 0.05) is 12.6 Å². The van der Waals surface area contributed by atoms with Crippen LogP contribution in [0.3, 0.4) is 0 Å². The summed E-state index contributed by atoms with van der Waals surface area (Å²) in [4.78, 5) is 32.6. The fraction of sp³-hybridized carbons (Fsp3) is 0.273. The van der Waals surface area contributed by atoms with Gasteiger partial charge in [-0.2, -0.15) is 0 Å². The predicted molar refractivity (Wildman–Crippen MR) is 65.8 cm³/mol. The van der Waals surface area contributed by atoms with Crippen molar-refractivity contribution >= 4 is 17.5 Å². The van der Waals surface area contributed by atoms with Crippen molar-refractivity contribution in [2.75, 3.05) is 13.1 Å². The van der Waals surface area contributed by atoms with Crippen LogP contribution in [0.1, 0.15) is 17.3 Å². The number of nitro benzene ring substituents is 1. The zero-order chi connectivity index (χ0) is 14.4. The highest BCUT2D eigenvalue weighted by Crippen LogP contribution is 2.28. The van der Waals surface area contributed by atoms with Crippen molar-refractivity contribution < 1.29 is 19.6 Å². The Balaban J connectivity index is 2.80. The molecule has 0 saturated heterocycles. The highest BCUT2D eigenvalue weighted by atomic mass is 16.6. The Labute approximate surface area is 108 Å². The molecule has 3 N–H and O–H groups in total. The number of nitrogens with zero attached hydrogens (tertiary/aromatic N) is 1. The standard InChI is InChI=1S/C11H13N3O5/c1-2-12-9(15)6-13-11(17)7-4-3-5-8(10(7)16)14(18)19/h3-5,16H,2,6H2,1H3,(H,12,15)(H,13,17). The second kappa shape index (κ2) is 6.34. The van der Waals surface area contributed by atoms with Gasteiger partial charge >= 0.3 is 5.69 Å². The van der Waals surface area contributed by atoms with Crippen LogP contribution < -0.4 is 10.6 Å². The Kier molecular flexibility index (Phi) is 4.81. The van der Waals surface area contributed by atoms with Gasteiger partial charge in [-0.25, -0.2) is 0 Å². The van der Waals surface area contributed by atoms with Gasteiger partial charge in [0.05, 0.1) is 17.0 Å². The van der Waals surface area contributed by atoms with E-state index in [2.05, 4.69) is 10.6 Å². The number of aromatic hydroxyl groups is 1. The lowest BCUT2D eigenvalue weighted by Gasteiger charge is -2.06. The molecule has 1 aromatic carbocycles. The van der Waals surface area contributed by atoms with Gasteiger partial charge in [0.25, 0.3) is 5.91 Å². The number of nitro groups is 1. The molecule has 8 nitrogen and oxygen atoms in total. The number of carbonyl (C=O) groups excluding carboxylic acids is 2. The Morgan fingerprint density at radius 3 is 2.63 bits per heavy atom. The van der Waals surface area contributed by atoms with Crippen molar-refractivity contribution in [3.05, 3.63) is 33.9 Å². The Hall–Kier alpha value is -2.64. The molecule has 0 aliphatic carbocycles. The predicted octanol–water partition coefficient (Wildman–Crippen LogP) is 0.166. The topological polar surface area (TPSA) is 122 Å². The van der Waals surface area contributed by atoms with Crippen LogP contribution in [0, 0.1) is 10.1 Å². The van der Waals surface area contributed by atoms with E-state index in [0.29, 0.717) is 6.54 Å². The van der Waals surface area contributed by atoms with Crippen LogP contribution in [0.25, 0.3) is 0 Å². The van der Waals surface area contributed by atoms with Crippen molar-refractivity contribution in [2.24, 2.45) is 0 Å². The first kappa shape index (κ1) is 14.4. The van der Waals surface area contributed by atoms with E-state index in [4.69, 9.17) is 0 Å². The summed E-state index contributed by atoms with van der Waals surface area (Å²) in [6.07, 6.45) is 0. The van der Waals surface area contributed by atoms with Crippen LogP contribution in [0.5, 0.6) is 5.75 Å². The number of para-hydroxylation sites is 1. The number of hydrogen-bond acceptors (Lipinski definition) is 5. The first-order valence-corrected chi connectivity index (χ1v) is 5.48. The number of hydrogen-bond donors (Lipinski definition) is 3. The largest absolute Gasteiger partial charge is 0.502 e. The van der Waals surface area contributed by atoms with Gasteiger partial charge in [-0.1, -0.05) is 6.07 Å². The smallest absolute Gasteiger partial charge is 0.311 e. The zero-order valence-corrected chi connectivity index (χ0v) is 10.2. The summed E-state index contributed by atoms with van der Waals surface area (Å²) in [5.74, 6) is -1.87. The number of carbonyl (C=O) groups is 2. The minimum absolute atomic E-state index is 0.251. The third kappa shape index (κ3) is 3.66. The van der Waals surface area contributed by atoms with Crippen LogP contribution >= 0.6 is 0 Å². The molecule has 0 aliphatic heterocycles. The lowest BCUT2D eigenvalue weighted by atomic mass is 10.1. The monoisotopic (exact) mass is 267 g/mol. The maximum atomic E-state index is 11.7. The molecule has 0 spiro atoms. The Bertz CT molecular complexity index is 515. The van der Waals surface area contributed by atoms with E-state index in [-0.39, 0.29) is 18.0 Å². The lowest BCUT2D eigenvalue weighted by Crippen LogP contribution is -2.36. The molecule has 0 heterocycles. The van der Waals surface area contributed by atoms with E-state index >= 15 is 0 Å². The van der Waals surface area contributed by atoms with Gasteiger partial charge in [-0.15, -0.1) is 0 Å². The van der Waals surface area contributed by atoms with E-state index < -0.39 is 22.3 Å². The van der Waals surface area contributed by atoms with Crippen LogP contribution in [0.15, 0.2) is 18.2 Å². The van der Waals surface area contributed by atoms with E-state index in [9.17, 15) is 24.8 Å². The normalized spacial score (nSPS) is 9.74. The summed E-state index contributed by atoms with van der Waals surface area (Å²) in [7, 11) is 0. The molecule has 0 aliphatic rings. The molecular formula is C11H13N3O5. The number of benzene rings is 1. The SMILES string of the molecule is CCNC(=O)CNC(=O)c1cccc([N+](=O)[O-])c1O. The van der Waals surface area contributed by atoms with Crippen molar-refractivity contribution in [3.63, 3.8) is 0 Å². The fourth-order valence-electron chi connectivity index (χ4n) is 1.38. The highest BCUT2D eigenvalue weighted by Gasteiger charge is 2.20. The second-order valence-corrected chi connectivity index (χ2v) is 3.57. The van der Waals surface area contributed by atoms with Gasteiger partial charge in [-0.05, 0) is 13.0 Å². The average Bonchev–Trinajstić information content (AvgIpc) is 2.36. The molecule has 0 aromatic heterocycles. The third-order valence-corrected chi connectivity index (χ3v) is 2.24. The summed E-state index contributed by atoms with van der Waals surface area (Å²) in [5, 5.41) is 24.9. The molecule has 0 fully saturated rings. The summed E-state index contributed by atoms with van der Waals surface area (Å²) in [6, 6.07) is 3.59. The van der Waals surface area contributed by atoms with Crippen molar-refractivity contribution in [1.29, 1.82) is 0 Å². The number of amides is 2. The highest BCUT2D eigenvalue weighted by molar-refractivity contribution is 5.99. The molecule has 0 bridgehead atoms. The maximum absolute atomic E-state index is 11.7. The van der Waals surface area contributed by atoms with Crippen molar-refractivity contribution in [1.82, 2.24) is 10.6 Å². The van der Waals surface area contributed by atoms with Gasteiger partial charge in [-0.3, -0.25) is 19.7 Å². The van der Waals surface area contributed by atoms with Crippen LogP contribution in [-0.4, -0.2) is 34.9 Å². The van der Waals surface area contributed by atoms with Crippen molar-refractivity contribution in [3.8, 4) is 5.75 Å². The molecule has 0 atom stereocenters. The van der Waals surface area contributed by atoms with Crippen molar-refractivity contribution in [2.45, 2.75) is 6.92 Å². The molecule has 19 heavy (non-hydrogen) atoms. The summed E-state index contributed by atoms with van der Waals surface area (Å²) in [5.41, 5.74) is -0.816. The molecule has 1 rings (SSSR count). The molecular weight excluding hydrogens is 254 g/mol. The number of phenols is 1. The number of rotatable bonds is 5. The zero-order valence-electron chi connectivity index (χ0n) is 10.2. The molecule has 0 radical (unpaired) electrons. The molecule has 2 amide bonds. The first-order chi connectivity index (χ1) is 8.97. The van der Waals surface area contributed by atoms with Gasteiger partial charge in [0.15, 0.2) is 0 Å². The maximum Gasteiger partial charge on any atom is 0.311 e. The van der Waals surface area contributed by atoms with Gasteiger partial charge in [0.2, 0.25) is 11.7 Å². The number of nitrogens with one attached hydrogen (secondary N) is 2. The summed E-state index contributed by atoms with van der Waals surface area (Å²) in [6.45, 7) is 1.89. The molecule has 0 saturated carbocycles. The second-order valence-electron chi connectivity index (χ2n) is 3.57. The molecule has 0 unspecified atom stereocenters. The first-order valence-electron chi connectivity index (χ1n) is 5.48. The molecule has 8 heteroatoms. The van der Waals surface area contributed by atoms with E-state index in [1.54, 1.807) is 6.92 Å². The van der Waals surface area contributed by atoms with Crippen LogP contribution in [0.4, 0.5) is 5.69 Å². The summed E-state index contributed by atoms with van der Waals surface area (Å²) < 4.78 is 0. The fourth-order valence-corrected chi connectivity index (χ4v) is 1.38. The average molecular weight is 267 g/mol. The third-order valence-electron chi connectivity index (χ3n) is 2.24. The lowest BCUT2D eigenvalue weighted by molar-refractivity contribution is -0.385. The van der Waals surface area contributed by atoms with Crippen LogP contribution in [0.2, 0.25) is 0 Å². The minimum atomic E-state index is -0.796. The van der Waals surface area contributed by atoms with Crippen LogP contribution in [-0.2, 0) is 4.79 Å². The Morgan fingerprint density at radius 2 is 2.05 bits per heavy atom. The van der Waals surface area contributed by atoms with E-state index in [1.165, 1.54) is 12.1 Å². The minimum Gasteiger partial charge on any atom is -0.502 e. The number of phenolic OH excluding ortho intramolecular Hbond substituents is 1. The molecule has 102 valence electrons. The quantitative estimate of drug-likeness (QED) is 0.518. The van der Waals surface area contributed by atoms with E-state index in [1.807, 2.05) is 0 Å².